The first-order chi connectivity index (χ1) is 9.04. The number of ether oxygens (including phenoxy) is 2. The number of aliphatic hydroxyl groups excluding tert-OH is 1. The highest BCUT2D eigenvalue weighted by atomic mass is 16.5. The lowest BCUT2D eigenvalue weighted by atomic mass is 10.1. The van der Waals surface area contributed by atoms with Gasteiger partial charge in [-0.1, -0.05) is 17.3 Å². The molecular formula is C14H21NO4. The van der Waals surface area contributed by atoms with E-state index in [1.807, 2.05) is 26.0 Å². The molecule has 0 fully saturated rings. The molecule has 1 rings (SSSR count). The van der Waals surface area contributed by atoms with Crippen LogP contribution in [0.3, 0.4) is 0 Å². The summed E-state index contributed by atoms with van der Waals surface area (Å²) in [6.45, 7) is 5.85. The predicted molar refractivity (Wildman–Crippen MR) is 73.0 cm³/mol. The van der Waals surface area contributed by atoms with E-state index in [1.165, 1.54) is 0 Å². The van der Waals surface area contributed by atoms with Gasteiger partial charge < -0.3 is 19.8 Å². The summed E-state index contributed by atoms with van der Waals surface area (Å²) < 4.78 is 10.8. The van der Waals surface area contributed by atoms with E-state index in [4.69, 9.17) is 14.7 Å². The van der Waals surface area contributed by atoms with E-state index >= 15 is 0 Å². The Balaban J connectivity index is 2.58. The van der Waals surface area contributed by atoms with Crippen LogP contribution in [0.15, 0.2) is 29.4 Å². The second-order valence-corrected chi connectivity index (χ2v) is 4.53. The Hall–Kier alpha value is -1.59. The SMILES string of the molecule is CC(=NO)c1ccccc1OCC(O)COC(C)C. The zero-order valence-electron chi connectivity index (χ0n) is 11.5. The Labute approximate surface area is 113 Å². The van der Waals surface area contributed by atoms with Crippen LogP contribution < -0.4 is 4.74 Å². The zero-order valence-corrected chi connectivity index (χ0v) is 11.5. The molecule has 0 saturated heterocycles. The predicted octanol–water partition coefficient (Wildman–Crippen LogP) is 2.05. The minimum absolute atomic E-state index is 0.0747. The number of hydrogen-bond donors (Lipinski definition) is 2. The molecule has 0 amide bonds. The lowest BCUT2D eigenvalue weighted by Gasteiger charge is -2.16. The van der Waals surface area contributed by atoms with Gasteiger partial charge in [-0.3, -0.25) is 0 Å². The first-order valence-corrected chi connectivity index (χ1v) is 6.25. The molecule has 2 N–H and O–H groups in total. The van der Waals surface area contributed by atoms with E-state index < -0.39 is 6.10 Å². The van der Waals surface area contributed by atoms with Gasteiger partial charge >= 0.3 is 0 Å². The molecule has 1 unspecified atom stereocenters. The van der Waals surface area contributed by atoms with Crippen LogP contribution in [0, 0.1) is 0 Å². The fraction of sp³-hybridized carbons (Fsp3) is 0.500. The van der Waals surface area contributed by atoms with Gasteiger partial charge in [-0.25, -0.2) is 0 Å². The normalized spacial score (nSPS) is 13.6. The number of benzene rings is 1. The van der Waals surface area contributed by atoms with Gasteiger partial charge in [0.1, 0.15) is 18.5 Å². The minimum Gasteiger partial charge on any atom is -0.490 e. The molecule has 1 atom stereocenters. The fourth-order valence-electron chi connectivity index (χ4n) is 1.48. The highest BCUT2D eigenvalue weighted by Gasteiger charge is 2.10. The Bertz CT molecular complexity index is 418. The Kier molecular flexibility index (Phi) is 6.32. The molecule has 0 aliphatic carbocycles. The molecule has 1 aromatic carbocycles. The van der Waals surface area contributed by atoms with Crippen molar-refractivity contribution in [3.05, 3.63) is 29.8 Å². The van der Waals surface area contributed by atoms with Crippen molar-refractivity contribution >= 4 is 5.71 Å². The van der Waals surface area contributed by atoms with E-state index in [1.54, 1.807) is 19.1 Å². The summed E-state index contributed by atoms with van der Waals surface area (Å²) in [6.07, 6.45) is -0.618. The van der Waals surface area contributed by atoms with Crippen LogP contribution in [0.4, 0.5) is 0 Å². The monoisotopic (exact) mass is 267 g/mol. The van der Waals surface area contributed by atoms with Gasteiger partial charge in [0.25, 0.3) is 0 Å². The van der Waals surface area contributed by atoms with Crippen LogP contribution in [0.1, 0.15) is 26.3 Å². The van der Waals surface area contributed by atoms with Gasteiger partial charge in [-0.05, 0) is 32.9 Å². The maximum Gasteiger partial charge on any atom is 0.128 e. The summed E-state index contributed by atoms with van der Waals surface area (Å²) in [6, 6.07) is 7.21. The number of nitrogens with zero attached hydrogens (tertiary/aromatic N) is 1. The van der Waals surface area contributed by atoms with Gasteiger partial charge in [-0.15, -0.1) is 0 Å². The van der Waals surface area contributed by atoms with Crippen LogP contribution >= 0.6 is 0 Å². The number of oxime groups is 1. The highest BCUT2D eigenvalue weighted by Crippen LogP contribution is 2.19. The highest BCUT2D eigenvalue weighted by molar-refractivity contribution is 6.00. The van der Waals surface area contributed by atoms with Gasteiger partial charge in [0, 0.05) is 5.56 Å². The van der Waals surface area contributed by atoms with E-state index in [9.17, 15) is 5.11 Å². The largest absolute Gasteiger partial charge is 0.490 e. The third kappa shape index (κ3) is 5.28. The lowest BCUT2D eigenvalue weighted by Crippen LogP contribution is -2.25. The average molecular weight is 267 g/mol. The maximum absolute atomic E-state index is 9.72. The number of hydrogen-bond acceptors (Lipinski definition) is 5. The molecule has 106 valence electrons. The second kappa shape index (κ2) is 7.76. The van der Waals surface area contributed by atoms with Crippen LogP contribution in [0.5, 0.6) is 5.75 Å². The van der Waals surface area contributed by atoms with Crippen molar-refractivity contribution in [1.82, 2.24) is 0 Å². The zero-order chi connectivity index (χ0) is 14.3. The third-order valence-electron chi connectivity index (χ3n) is 2.48. The van der Waals surface area contributed by atoms with Crippen molar-refractivity contribution in [3.63, 3.8) is 0 Å². The van der Waals surface area contributed by atoms with E-state index in [0.29, 0.717) is 17.0 Å². The summed E-state index contributed by atoms with van der Waals surface area (Å²) >= 11 is 0. The minimum atomic E-state index is -0.693. The molecule has 0 saturated carbocycles. The van der Waals surface area contributed by atoms with Crippen molar-refractivity contribution in [2.45, 2.75) is 33.0 Å². The van der Waals surface area contributed by atoms with Crippen molar-refractivity contribution in [2.24, 2.45) is 5.16 Å². The lowest BCUT2D eigenvalue weighted by molar-refractivity contribution is -0.0123. The molecule has 5 heteroatoms. The van der Waals surface area contributed by atoms with Crippen molar-refractivity contribution in [1.29, 1.82) is 0 Å². The molecular weight excluding hydrogens is 246 g/mol. The summed E-state index contributed by atoms with van der Waals surface area (Å²) in [5, 5.41) is 21.7. The molecule has 0 radical (unpaired) electrons. The van der Waals surface area contributed by atoms with Crippen molar-refractivity contribution in [2.75, 3.05) is 13.2 Å². The van der Waals surface area contributed by atoms with Gasteiger partial charge in [0.2, 0.25) is 0 Å². The molecule has 0 aliphatic rings. The van der Waals surface area contributed by atoms with Crippen LogP contribution in [0.25, 0.3) is 0 Å². The van der Waals surface area contributed by atoms with Crippen LogP contribution in [-0.4, -0.2) is 41.4 Å². The smallest absolute Gasteiger partial charge is 0.128 e. The molecule has 0 aliphatic heterocycles. The second-order valence-electron chi connectivity index (χ2n) is 4.53. The molecule has 5 nitrogen and oxygen atoms in total. The molecule has 0 bridgehead atoms. The molecule has 0 heterocycles. The first-order valence-electron chi connectivity index (χ1n) is 6.25. The van der Waals surface area contributed by atoms with Crippen LogP contribution in [-0.2, 0) is 4.74 Å². The summed E-state index contributed by atoms with van der Waals surface area (Å²) in [5.74, 6) is 0.571. The molecule has 19 heavy (non-hydrogen) atoms. The number of para-hydroxylation sites is 1. The molecule has 1 aromatic rings. The third-order valence-corrected chi connectivity index (χ3v) is 2.48. The van der Waals surface area contributed by atoms with Crippen LogP contribution in [0.2, 0.25) is 0 Å². The van der Waals surface area contributed by atoms with Gasteiger partial charge in [0.15, 0.2) is 0 Å². The average Bonchev–Trinajstić information content (AvgIpc) is 2.42. The maximum atomic E-state index is 9.72. The summed E-state index contributed by atoms with van der Waals surface area (Å²) in [5.41, 5.74) is 1.16. The number of aliphatic hydroxyl groups is 1. The molecule has 0 aromatic heterocycles. The summed E-state index contributed by atoms with van der Waals surface area (Å²) in [4.78, 5) is 0. The molecule has 0 spiro atoms. The summed E-state index contributed by atoms with van der Waals surface area (Å²) in [7, 11) is 0. The van der Waals surface area contributed by atoms with Crippen molar-refractivity contribution < 1.29 is 19.8 Å². The first kappa shape index (κ1) is 15.5. The topological polar surface area (TPSA) is 71.3 Å². The Morgan fingerprint density at radius 3 is 2.58 bits per heavy atom. The van der Waals surface area contributed by atoms with E-state index in [0.717, 1.165) is 0 Å². The fourth-order valence-corrected chi connectivity index (χ4v) is 1.48. The van der Waals surface area contributed by atoms with E-state index in [-0.39, 0.29) is 19.3 Å². The Morgan fingerprint density at radius 2 is 1.95 bits per heavy atom. The van der Waals surface area contributed by atoms with Gasteiger partial charge in [-0.2, -0.15) is 0 Å². The van der Waals surface area contributed by atoms with E-state index in [2.05, 4.69) is 5.16 Å². The quantitative estimate of drug-likeness (QED) is 0.450. The Morgan fingerprint density at radius 1 is 1.26 bits per heavy atom. The van der Waals surface area contributed by atoms with Crippen molar-refractivity contribution in [3.8, 4) is 5.75 Å². The standard InChI is InChI=1S/C14H21NO4/c1-10(2)18-8-12(16)9-19-14-7-5-4-6-13(14)11(3)15-17/h4-7,10,12,16-17H,8-9H2,1-3H3. The number of rotatable bonds is 7. The van der Waals surface area contributed by atoms with Gasteiger partial charge in [0.05, 0.1) is 18.4 Å².